The van der Waals surface area contributed by atoms with Gasteiger partial charge in [-0.25, -0.2) is 14.2 Å². The molecule has 2 amide bonds. The molecule has 4 rings (SSSR count). The smallest absolute Gasteiger partial charge is 0.326 e. The Kier molecular flexibility index (Phi) is 5.25. The zero-order valence-corrected chi connectivity index (χ0v) is 16.9. The number of carbonyl (C=O) groups is 1. The van der Waals surface area contributed by atoms with E-state index in [0.29, 0.717) is 23.7 Å². The molecule has 1 aliphatic rings. The Morgan fingerprint density at radius 2 is 1.97 bits per heavy atom. The Labute approximate surface area is 176 Å². The van der Waals surface area contributed by atoms with Crippen molar-refractivity contribution >= 4 is 52.1 Å². The van der Waals surface area contributed by atoms with Crippen LogP contribution in [0.4, 0.5) is 32.1 Å². The Morgan fingerprint density at radius 1 is 1.21 bits per heavy atom. The van der Waals surface area contributed by atoms with Gasteiger partial charge in [-0.1, -0.05) is 29.3 Å². The molecule has 0 fully saturated rings. The molecule has 2 aromatic heterocycles. The van der Waals surface area contributed by atoms with Crippen LogP contribution in [0.2, 0.25) is 10.0 Å². The first kappa shape index (κ1) is 19.4. The van der Waals surface area contributed by atoms with E-state index in [9.17, 15) is 9.18 Å². The second kappa shape index (κ2) is 7.85. The van der Waals surface area contributed by atoms with Crippen molar-refractivity contribution in [2.24, 2.45) is 0 Å². The number of benzene rings is 1. The van der Waals surface area contributed by atoms with Crippen LogP contribution >= 0.6 is 23.2 Å². The molecule has 0 spiro atoms. The predicted molar refractivity (Wildman–Crippen MR) is 113 cm³/mol. The molecule has 3 aromatic rings. The quantitative estimate of drug-likeness (QED) is 0.612. The number of hydrogen-bond acceptors (Lipinski definition) is 4. The van der Waals surface area contributed by atoms with E-state index in [1.807, 2.05) is 4.90 Å². The van der Waals surface area contributed by atoms with E-state index < -0.39 is 6.03 Å². The Morgan fingerprint density at radius 3 is 2.72 bits per heavy atom. The summed E-state index contributed by atoms with van der Waals surface area (Å²) in [6, 6.07) is 7.80. The number of urea groups is 1. The average molecular weight is 432 g/mol. The fourth-order valence-corrected chi connectivity index (χ4v) is 3.65. The highest BCUT2D eigenvalue weighted by molar-refractivity contribution is 6.39. The molecule has 3 heterocycles. The summed E-state index contributed by atoms with van der Waals surface area (Å²) in [6.45, 7) is 0.688. The topological polar surface area (TPSA) is 61.4 Å². The first-order valence-electron chi connectivity index (χ1n) is 8.80. The van der Waals surface area contributed by atoms with Crippen LogP contribution in [0.15, 0.2) is 48.9 Å². The maximum absolute atomic E-state index is 13.7. The van der Waals surface area contributed by atoms with Gasteiger partial charge in [0, 0.05) is 43.9 Å². The number of nitrogens with one attached hydrogen (secondary N) is 1. The summed E-state index contributed by atoms with van der Waals surface area (Å²) < 4.78 is 13.7. The van der Waals surface area contributed by atoms with Gasteiger partial charge in [0.05, 0.1) is 21.4 Å². The molecule has 0 saturated carbocycles. The molecule has 1 aromatic carbocycles. The van der Waals surface area contributed by atoms with Crippen molar-refractivity contribution < 1.29 is 9.18 Å². The lowest BCUT2D eigenvalue weighted by molar-refractivity contribution is 0.258. The van der Waals surface area contributed by atoms with Crippen molar-refractivity contribution in [1.29, 1.82) is 0 Å². The van der Waals surface area contributed by atoms with Crippen LogP contribution in [0.5, 0.6) is 0 Å². The molecule has 1 aliphatic heterocycles. The molecule has 0 atom stereocenters. The number of halogens is 3. The number of carbonyl (C=O) groups excluding carboxylic acids is 1. The van der Waals surface area contributed by atoms with Crippen LogP contribution in [-0.4, -0.2) is 29.6 Å². The number of aromatic nitrogens is 2. The minimum absolute atomic E-state index is 0.241. The number of hydrogen-bond donors (Lipinski definition) is 1. The van der Waals surface area contributed by atoms with E-state index in [0.717, 1.165) is 17.7 Å². The summed E-state index contributed by atoms with van der Waals surface area (Å²) in [4.78, 5) is 24.3. The monoisotopic (exact) mass is 431 g/mol. The number of pyridine rings is 2. The minimum Gasteiger partial charge on any atom is -0.326 e. The molecule has 0 unspecified atom stereocenters. The van der Waals surface area contributed by atoms with Gasteiger partial charge in [-0.05, 0) is 30.2 Å². The van der Waals surface area contributed by atoms with Crippen molar-refractivity contribution in [2.75, 3.05) is 28.7 Å². The van der Waals surface area contributed by atoms with E-state index in [2.05, 4.69) is 15.3 Å². The van der Waals surface area contributed by atoms with Gasteiger partial charge in [0.2, 0.25) is 0 Å². The Hall–Kier alpha value is -2.90. The molecule has 0 bridgehead atoms. The minimum atomic E-state index is -0.426. The highest BCUT2D eigenvalue weighted by Crippen LogP contribution is 2.35. The summed E-state index contributed by atoms with van der Waals surface area (Å²) in [7, 11) is 1.62. The van der Waals surface area contributed by atoms with Gasteiger partial charge >= 0.3 is 6.03 Å². The molecule has 0 radical (unpaired) electrons. The number of anilines is 4. The fourth-order valence-electron chi connectivity index (χ4n) is 3.19. The first-order chi connectivity index (χ1) is 13.9. The molecular weight excluding hydrogens is 416 g/mol. The summed E-state index contributed by atoms with van der Waals surface area (Å²) in [5.41, 5.74) is 2.75. The largest absolute Gasteiger partial charge is 0.326 e. The first-order valence-corrected chi connectivity index (χ1v) is 9.55. The summed E-state index contributed by atoms with van der Waals surface area (Å²) in [5.74, 6) is 0.334. The van der Waals surface area contributed by atoms with E-state index in [1.54, 1.807) is 31.4 Å². The van der Waals surface area contributed by atoms with Crippen LogP contribution in [0.25, 0.3) is 0 Å². The van der Waals surface area contributed by atoms with Crippen molar-refractivity contribution in [3.05, 3.63) is 70.3 Å². The molecule has 6 nitrogen and oxygen atoms in total. The average Bonchev–Trinajstić information content (AvgIpc) is 3.13. The van der Waals surface area contributed by atoms with Crippen molar-refractivity contribution in [2.45, 2.75) is 6.42 Å². The zero-order chi connectivity index (χ0) is 20.5. The Balaban J connectivity index is 1.58. The van der Waals surface area contributed by atoms with Gasteiger partial charge < -0.3 is 10.2 Å². The van der Waals surface area contributed by atoms with Crippen LogP contribution in [0.3, 0.4) is 0 Å². The second-order valence-electron chi connectivity index (χ2n) is 6.51. The van der Waals surface area contributed by atoms with Gasteiger partial charge in [-0.2, -0.15) is 0 Å². The highest BCUT2D eigenvalue weighted by Gasteiger charge is 2.23. The molecule has 1 N–H and O–H groups in total. The third kappa shape index (κ3) is 3.83. The van der Waals surface area contributed by atoms with E-state index in [-0.39, 0.29) is 15.9 Å². The SMILES string of the molecule is CN(C(=O)Nc1c(Cl)cncc1Cl)c1ccnc(N2CCc3ccc(F)cc32)c1. The van der Waals surface area contributed by atoms with Gasteiger partial charge in [-0.3, -0.25) is 9.88 Å². The van der Waals surface area contributed by atoms with E-state index in [1.165, 1.54) is 29.4 Å². The standard InChI is InChI=1S/C20H16Cl2FN5O/c1-27(20(29)26-19-15(21)10-24-11-16(19)22)14-4-6-25-18(9-14)28-7-5-12-2-3-13(23)8-17(12)28/h2-4,6,8-11H,5,7H2,1H3,(H,24,26,29). The fraction of sp³-hybridized carbons (Fsp3) is 0.150. The number of amides is 2. The van der Waals surface area contributed by atoms with Gasteiger partial charge in [0.15, 0.2) is 0 Å². The van der Waals surface area contributed by atoms with Crippen LogP contribution in [0.1, 0.15) is 5.56 Å². The third-order valence-electron chi connectivity index (χ3n) is 4.73. The van der Waals surface area contributed by atoms with Gasteiger partial charge in [0.1, 0.15) is 11.6 Å². The zero-order valence-electron chi connectivity index (χ0n) is 15.4. The number of fused-ring (bicyclic) bond motifs is 1. The van der Waals surface area contributed by atoms with Crippen molar-refractivity contribution in [3.8, 4) is 0 Å². The maximum Gasteiger partial charge on any atom is 0.326 e. The lowest BCUT2D eigenvalue weighted by Gasteiger charge is -2.22. The second-order valence-corrected chi connectivity index (χ2v) is 7.33. The number of nitrogens with zero attached hydrogens (tertiary/aromatic N) is 4. The van der Waals surface area contributed by atoms with Crippen LogP contribution in [0, 0.1) is 5.82 Å². The summed E-state index contributed by atoms with van der Waals surface area (Å²) >= 11 is 12.1. The molecule has 148 valence electrons. The normalized spacial score (nSPS) is 12.6. The van der Waals surface area contributed by atoms with Crippen LogP contribution in [-0.2, 0) is 6.42 Å². The summed E-state index contributed by atoms with van der Waals surface area (Å²) in [5, 5.41) is 3.17. The molecule has 29 heavy (non-hydrogen) atoms. The van der Waals surface area contributed by atoms with Crippen LogP contribution < -0.4 is 15.1 Å². The molecular formula is C20H16Cl2FN5O. The van der Waals surface area contributed by atoms with Gasteiger partial charge in [-0.15, -0.1) is 0 Å². The van der Waals surface area contributed by atoms with Crippen molar-refractivity contribution in [3.63, 3.8) is 0 Å². The van der Waals surface area contributed by atoms with Gasteiger partial charge in [0.25, 0.3) is 0 Å². The molecule has 0 saturated heterocycles. The third-order valence-corrected chi connectivity index (χ3v) is 5.30. The highest BCUT2D eigenvalue weighted by atomic mass is 35.5. The maximum atomic E-state index is 13.7. The number of rotatable bonds is 3. The lowest BCUT2D eigenvalue weighted by Crippen LogP contribution is -2.31. The lowest BCUT2D eigenvalue weighted by atomic mass is 10.2. The Bertz CT molecular complexity index is 1070. The van der Waals surface area contributed by atoms with Crippen molar-refractivity contribution in [1.82, 2.24) is 9.97 Å². The molecule has 9 heteroatoms. The molecule has 0 aliphatic carbocycles. The predicted octanol–water partition coefficient (Wildman–Crippen LogP) is 5.29. The van der Waals surface area contributed by atoms with E-state index in [4.69, 9.17) is 23.2 Å². The van der Waals surface area contributed by atoms with E-state index >= 15 is 0 Å². The summed E-state index contributed by atoms with van der Waals surface area (Å²) in [6.07, 6.45) is 5.21.